The van der Waals surface area contributed by atoms with Gasteiger partial charge in [0.1, 0.15) is 11.6 Å². The molecule has 21 heavy (non-hydrogen) atoms. The van der Waals surface area contributed by atoms with Gasteiger partial charge in [-0.15, -0.1) is 0 Å². The lowest BCUT2D eigenvalue weighted by Gasteiger charge is -2.18. The summed E-state index contributed by atoms with van der Waals surface area (Å²) < 4.78 is 34.0. The zero-order chi connectivity index (χ0) is 15.6. The number of hydrogen-bond donors (Lipinski definition) is 1. The molecule has 0 radical (unpaired) electrons. The van der Waals surface area contributed by atoms with Crippen LogP contribution in [0.5, 0.6) is 11.5 Å². The van der Waals surface area contributed by atoms with Crippen LogP contribution in [0.25, 0.3) is 0 Å². The van der Waals surface area contributed by atoms with Gasteiger partial charge in [-0.05, 0) is 56.8 Å². The summed E-state index contributed by atoms with van der Waals surface area (Å²) in [5.41, 5.74) is 1.09. The Kier molecular flexibility index (Phi) is 4.96. The van der Waals surface area contributed by atoms with E-state index in [9.17, 15) is 8.78 Å². The molecule has 0 bridgehead atoms. The summed E-state index contributed by atoms with van der Waals surface area (Å²) in [6.45, 7) is 3.53. The number of benzene rings is 2. The Morgan fingerprint density at radius 3 is 2.48 bits per heavy atom. The molecule has 0 saturated heterocycles. The number of rotatable bonds is 4. The van der Waals surface area contributed by atoms with Crippen LogP contribution >= 0.6 is 15.9 Å². The first-order valence-electron chi connectivity index (χ1n) is 6.52. The molecule has 112 valence electrons. The summed E-state index contributed by atoms with van der Waals surface area (Å²) >= 11 is 3.28. The smallest absolute Gasteiger partial charge is 0.165 e. The van der Waals surface area contributed by atoms with Crippen LogP contribution in [0, 0.1) is 18.6 Å². The Morgan fingerprint density at radius 1 is 1.10 bits per heavy atom. The van der Waals surface area contributed by atoms with Crippen LogP contribution in [0.15, 0.2) is 34.8 Å². The summed E-state index contributed by atoms with van der Waals surface area (Å²) in [6.07, 6.45) is 0. The minimum absolute atomic E-state index is 0.0972. The van der Waals surface area contributed by atoms with Crippen molar-refractivity contribution in [3.05, 3.63) is 57.6 Å². The molecule has 1 atom stereocenters. The van der Waals surface area contributed by atoms with Crippen molar-refractivity contribution in [1.29, 1.82) is 0 Å². The SMILES string of the molecule is CNC(C)c1cc(F)c(C)cc1Oc1cc(Br)ccc1F. The Labute approximate surface area is 131 Å². The number of ether oxygens (including phenoxy) is 1. The van der Waals surface area contributed by atoms with Crippen LogP contribution in [-0.2, 0) is 0 Å². The average molecular weight is 356 g/mol. The number of nitrogens with one attached hydrogen (secondary N) is 1. The lowest BCUT2D eigenvalue weighted by Crippen LogP contribution is -2.14. The fourth-order valence-electron chi connectivity index (χ4n) is 1.93. The van der Waals surface area contributed by atoms with Crippen molar-refractivity contribution in [3.63, 3.8) is 0 Å². The molecule has 0 saturated carbocycles. The van der Waals surface area contributed by atoms with E-state index in [0.29, 0.717) is 21.3 Å². The summed E-state index contributed by atoms with van der Waals surface area (Å²) in [5, 5.41) is 3.03. The summed E-state index contributed by atoms with van der Waals surface area (Å²) in [5.74, 6) is -0.245. The zero-order valence-corrected chi connectivity index (χ0v) is 13.6. The number of halogens is 3. The van der Waals surface area contributed by atoms with Gasteiger partial charge in [-0.3, -0.25) is 0 Å². The lowest BCUT2D eigenvalue weighted by atomic mass is 10.0. The van der Waals surface area contributed by atoms with E-state index in [2.05, 4.69) is 21.2 Å². The highest BCUT2D eigenvalue weighted by Crippen LogP contribution is 2.34. The first-order chi connectivity index (χ1) is 9.92. The van der Waals surface area contributed by atoms with Crippen LogP contribution < -0.4 is 10.1 Å². The van der Waals surface area contributed by atoms with Gasteiger partial charge in [-0.25, -0.2) is 8.78 Å². The summed E-state index contributed by atoms with van der Waals surface area (Å²) in [6, 6.07) is 7.33. The third-order valence-electron chi connectivity index (χ3n) is 3.30. The maximum absolute atomic E-state index is 13.8. The van der Waals surface area contributed by atoms with Gasteiger partial charge in [-0.2, -0.15) is 0 Å². The van der Waals surface area contributed by atoms with Gasteiger partial charge < -0.3 is 10.1 Å². The molecule has 1 unspecified atom stereocenters. The highest BCUT2D eigenvalue weighted by molar-refractivity contribution is 9.10. The van der Waals surface area contributed by atoms with Crippen molar-refractivity contribution < 1.29 is 13.5 Å². The van der Waals surface area contributed by atoms with E-state index in [-0.39, 0.29) is 17.6 Å². The largest absolute Gasteiger partial charge is 0.454 e. The molecule has 0 aromatic heterocycles. The highest BCUT2D eigenvalue weighted by atomic mass is 79.9. The standard InChI is InChI=1S/C16H16BrF2NO/c1-9-6-15(12(8-14(9)19)10(2)20-3)21-16-7-11(17)4-5-13(16)18/h4-8,10,20H,1-3H3. The van der Waals surface area contributed by atoms with Crippen LogP contribution in [0.2, 0.25) is 0 Å². The Bertz CT molecular complexity index is 661. The molecular formula is C16H16BrF2NO. The fourth-order valence-corrected chi connectivity index (χ4v) is 2.27. The maximum atomic E-state index is 13.8. The third kappa shape index (κ3) is 3.60. The van der Waals surface area contributed by atoms with E-state index < -0.39 is 5.82 Å². The van der Waals surface area contributed by atoms with Gasteiger partial charge in [0.2, 0.25) is 0 Å². The third-order valence-corrected chi connectivity index (χ3v) is 3.80. The molecular weight excluding hydrogens is 340 g/mol. The molecule has 2 aromatic rings. The molecule has 0 amide bonds. The van der Waals surface area contributed by atoms with E-state index in [1.165, 1.54) is 12.1 Å². The van der Waals surface area contributed by atoms with Gasteiger partial charge >= 0.3 is 0 Å². The molecule has 0 aliphatic carbocycles. The topological polar surface area (TPSA) is 21.3 Å². The van der Waals surface area contributed by atoms with Crippen LogP contribution in [0.3, 0.4) is 0 Å². The van der Waals surface area contributed by atoms with Gasteiger partial charge in [-0.1, -0.05) is 15.9 Å². The maximum Gasteiger partial charge on any atom is 0.165 e. The van der Waals surface area contributed by atoms with Crippen molar-refractivity contribution in [2.75, 3.05) is 7.05 Å². The first-order valence-corrected chi connectivity index (χ1v) is 7.32. The van der Waals surface area contributed by atoms with Crippen molar-refractivity contribution in [3.8, 4) is 11.5 Å². The van der Waals surface area contributed by atoms with Gasteiger partial charge in [0.25, 0.3) is 0 Å². The number of aryl methyl sites for hydroxylation is 1. The normalized spacial score (nSPS) is 12.3. The molecule has 2 rings (SSSR count). The molecule has 2 nitrogen and oxygen atoms in total. The monoisotopic (exact) mass is 355 g/mol. The van der Waals surface area contributed by atoms with E-state index >= 15 is 0 Å². The minimum Gasteiger partial charge on any atom is -0.454 e. The molecule has 5 heteroatoms. The van der Waals surface area contributed by atoms with Crippen molar-refractivity contribution in [2.24, 2.45) is 0 Å². The second kappa shape index (κ2) is 6.54. The van der Waals surface area contributed by atoms with E-state index in [0.717, 1.165) is 0 Å². The fraction of sp³-hybridized carbons (Fsp3) is 0.250. The molecule has 0 spiro atoms. The summed E-state index contributed by atoms with van der Waals surface area (Å²) in [7, 11) is 1.77. The predicted molar refractivity (Wildman–Crippen MR) is 82.8 cm³/mol. The van der Waals surface area contributed by atoms with Gasteiger partial charge in [0, 0.05) is 16.1 Å². The van der Waals surface area contributed by atoms with Crippen molar-refractivity contribution in [1.82, 2.24) is 5.32 Å². The van der Waals surface area contributed by atoms with Crippen LogP contribution in [0.4, 0.5) is 8.78 Å². The van der Waals surface area contributed by atoms with Crippen LogP contribution in [0.1, 0.15) is 24.1 Å². The zero-order valence-electron chi connectivity index (χ0n) is 12.0. The molecule has 0 aliphatic heterocycles. The van der Waals surface area contributed by atoms with Crippen molar-refractivity contribution in [2.45, 2.75) is 19.9 Å². The first kappa shape index (κ1) is 15.9. The lowest BCUT2D eigenvalue weighted by molar-refractivity contribution is 0.429. The summed E-state index contributed by atoms with van der Waals surface area (Å²) in [4.78, 5) is 0. The second-order valence-electron chi connectivity index (χ2n) is 4.83. The highest BCUT2D eigenvalue weighted by Gasteiger charge is 2.16. The average Bonchev–Trinajstić information content (AvgIpc) is 2.45. The van der Waals surface area contributed by atoms with E-state index in [1.807, 2.05) is 6.92 Å². The predicted octanol–water partition coefficient (Wildman–Crippen LogP) is 5.11. The number of hydrogen-bond acceptors (Lipinski definition) is 2. The van der Waals surface area contributed by atoms with Crippen LogP contribution in [-0.4, -0.2) is 7.05 Å². The molecule has 0 fully saturated rings. The second-order valence-corrected chi connectivity index (χ2v) is 5.74. The molecule has 1 N–H and O–H groups in total. The van der Waals surface area contributed by atoms with E-state index in [4.69, 9.17) is 4.74 Å². The molecule has 0 aliphatic rings. The van der Waals surface area contributed by atoms with Gasteiger partial charge in [0.15, 0.2) is 11.6 Å². The Morgan fingerprint density at radius 2 is 1.81 bits per heavy atom. The van der Waals surface area contributed by atoms with E-state index in [1.54, 1.807) is 32.2 Å². The molecule has 0 heterocycles. The van der Waals surface area contributed by atoms with Crippen molar-refractivity contribution >= 4 is 15.9 Å². The Balaban J connectivity index is 2.47. The minimum atomic E-state index is -0.469. The quantitative estimate of drug-likeness (QED) is 0.822. The van der Waals surface area contributed by atoms with Gasteiger partial charge in [0.05, 0.1) is 0 Å². The molecule has 2 aromatic carbocycles. The Hall–Kier alpha value is -1.46.